The van der Waals surface area contributed by atoms with Crippen molar-refractivity contribution in [2.24, 2.45) is 0 Å². The Labute approximate surface area is 122 Å². The van der Waals surface area contributed by atoms with E-state index in [1.165, 1.54) is 0 Å². The molecule has 0 fully saturated rings. The summed E-state index contributed by atoms with van der Waals surface area (Å²) in [5, 5.41) is 8.55. The lowest BCUT2D eigenvalue weighted by molar-refractivity contribution is 0.391. The molecule has 3 aromatic heterocycles. The van der Waals surface area contributed by atoms with Gasteiger partial charge in [0.1, 0.15) is 11.3 Å². The van der Waals surface area contributed by atoms with Crippen LogP contribution in [0.1, 0.15) is 42.6 Å². The first kappa shape index (κ1) is 13.7. The average Bonchev–Trinajstić information content (AvgIpc) is 3.04. The molecule has 0 bridgehead atoms. The van der Waals surface area contributed by atoms with Gasteiger partial charge in [-0.1, -0.05) is 5.16 Å². The number of nitrogens with zero attached hydrogens (tertiary/aromatic N) is 5. The van der Waals surface area contributed by atoms with Gasteiger partial charge < -0.3 is 10.3 Å². The molecule has 3 aromatic rings. The van der Waals surface area contributed by atoms with Crippen LogP contribution in [0, 0.1) is 20.8 Å². The number of rotatable bonds is 3. The zero-order valence-electron chi connectivity index (χ0n) is 13.0. The summed E-state index contributed by atoms with van der Waals surface area (Å²) in [5.41, 5.74) is 10.8. The molecule has 0 saturated heterocycles. The van der Waals surface area contributed by atoms with Gasteiger partial charge in [-0.2, -0.15) is 5.10 Å². The van der Waals surface area contributed by atoms with E-state index in [2.05, 4.69) is 29.1 Å². The smallest absolute Gasteiger partial charge is 0.203 e. The Morgan fingerprint density at radius 2 is 1.95 bits per heavy atom. The summed E-state index contributed by atoms with van der Waals surface area (Å²) in [6, 6.07) is -0.0114. The molecule has 0 aliphatic rings. The second-order valence-corrected chi connectivity index (χ2v) is 5.33. The van der Waals surface area contributed by atoms with E-state index < -0.39 is 0 Å². The van der Waals surface area contributed by atoms with Crippen LogP contribution < -0.4 is 5.73 Å². The van der Waals surface area contributed by atoms with Crippen molar-refractivity contribution in [2.45, 2.75) is 47.2 Å². The van der Waals surface area contributed by atoms with E-state index in [0.29, 0.717) is 5.95 Å². The minimum Gasteiger partial charge on any atom is -0.369 e. The maximum Gasteiger partial charge on any atom is 0.203 e. The number of aryl methyl sites for hydroxylation is 4. The van der Waals surface area contributed by atoms with Crippen LogP contribution >= 0.6 is 0 Å². The van der Waals surface area contributed by atoms with E-state index in [9.17, 15) is 0 Å². The first-order valence-corrected chi connectivity index (χ1v) is 7.09. The monoisotopic (exact) mass is 288 g/mol. The zero-order chi connectivity index (χ0) is 15.3. The van der Waals surface area contributed by atoms with Crippen molar-refractivity contribution in [3.05, 3.63) is 22.7 Å². The highest BCUT2D eigenvalue weighted by molar-refractivity contribution is 5.78. The molecule has 3 rings (SSSR count). The van der Waals surface area contributed by atoms with Crippen LogP contribution in [0.25, 0.3) is 11.2 Å². The van der Waals surface area contributed by atoms with E-state index in [0.717, 1.165) is 40.4 Å². The van der Waals surface area contributed by atoms with Crippen molar-refractivity contribution in [1.82, 2.24) is 24.5 Å². The standard InChI is InChI=1S/C14H20N6O/c1-6-19-13-12(8(3)17-19)16-14(15)20(13)9(4)11-7(2)18-21-10(11)5/h9H,6H2,1-5H3,(H2,15,16). The summed E-state index contributed by atoms with van der Waals surface area (Å²) in [6.45, 7) is 10.7. The molecule has 0 aromatic carbocycles. The SMILES string of the molecule is CCn1nc(C)c2nc(N)n(C(C)c3c(C)noc3C)c21. The fourth-order valence-corrected chi connectivity index (χ4v) is 3.02. The lowest BCUT2D eigenvalue weighted by atomic mass is 10.1. The quantitative estimate of drug-likeness (QED) is 0.799. The summed E-state index contributed by atoms with van der Waals surface area (Å²) in [7, 11) is 0. The predicted molar refractivity (Wildman–Crippen MR) is 80.1 cm³/mol. The van der Waals surface area contributed by atoms with Gasteiger partial charge in [0.15, 0.2) is 5.65 Å². The van der Waals surface area contributed by atoms with Crippen molar-refractivity contribution in [3.8, 4) is 0 Å². The van der Waals surface area contributed by atoms with Gasteiger partial charge in [0.05, 0.1) is 17.4 Å². The summed E-state index contributed by atoms with van der Waals surface area (Å²) < 4.78 is 9.22. The van der Waals surface area contributed by atoms with Crippen molar-refractivity contribution >= 4 is 17.1 Å². The number of anilines is 1. The van der Waals surface area contributed by atoms with Crippen LogP contribution in [0.2, 0.25) is 0 Å². The molecule has 7 heteroatoms. The molecule has 0 aliphatic carbocycles. The molecule has 0 aliphatic heterocycles. The highest BCUT2D eigenvalue weighted by Crippen LogP contribution is 2.31. The van der Waals surface area contributed by atoms with Crippen LogP contribution in [0.4, 0.5) is 5.95 Å². The minimum absolute atomic E-state index is 0.0114. The van der Waals surface area contributed by atoms with Gasteiger partial charge in [-0.15, -0.1) is 0 Å². The normalized spacial score (nSPS) is 13.2. The third-order valence-corrected chi connectivity index (χ3v) is 3.96. The summed E-state index contributed by atoms with van der Waals surface area (Å²) in [6.07, 6.45) is 0. The maximum atomic E-state index is 6.16. The molecule has 112 valence electrons. The first-order valence-electron chi connectivity index (χ1n) is 7.09. The van der Waals surface area contributed by atoms with E-state index in [-0.39, 0.29) is 6.04 Å². The molecule has 7 nitrogen and oxygen atoms in total. The molecule has 2 N–H and O–H groups in total. The maximum absolute atomic E-state index is 6.16. The van der Waals surface area contributed by atoms with Crippen molar-refractivity contribution in [1.29, 1.82) is 0 Å². The van der Waals surface area contributed by atoms with Gasteiger partial charge in [-0.05, 0) is 34.6 Å². The number of hydrogen-bond acceptors (Lipinski definition) is 5. The molecule has 0 amide bonds. The molecule has 1 atom stereocenters. The lowest BCUT2D eigenvalue weighted by Gasteiger charge is -2.16. The molecule has 0 radical (unpaired) electrons. The average molecular weight is 288 g/mol. The van der Waals surface area contributed by atoms with Gasteiger partial charge in [-0.25, -0.2) is 9.67 Å². The van der Waals surface area contributed by atoms with Gasteiger partial charge >= 0.3 is 0 Å². The Morgan fingerprint density at radius 1 is 1.24 bits per heavy atom. The molecule has 3 heterocycles. The Balaban J connectivity index is 2.27. The summed E-state index contributed by atoms with van der Waals surface area (Å²) in [4.78, 5) is 4.48. The van der Waals surface area contributed by atoms with Gasteiger partial charge in [0.25, 0.3) is 0 Å². The lowest BCUT2D eigenvalue weighted by Crippen LogP contribution is -2.14. The first-order chi connectivity index (χ1) is 9.95. The van der Waals surface area contributed by atoms with E-state index in [1.807, 2.05) is 30.0 Å². The second kappa shape index (κ2) is 4.61. The number of hydrogen-bond donors (Lipinski definition) is 1. The van der Waals surface area contributed by atoms with Gasteiger partial charge in [0.2, 0.25) is 5.95 Å². The third-order valence-electron chi connectivity index (χ3n) is 3.96. The fraction of sp³-hybridized carbons (Fsp3) is 0.500. The topological polar surface area (TPSA) is 87.7 Å². The fourth-order valence-electron chi connectivity index (χ4n) is 3.02. The van der Waals surface area contributed by atoms with Gasteiger partial charge in [0, 0.05) is 12.1 Å². The molecular formula is C14H20N6O. The van der Waals surface area contributed by atoms with Crippen molar-refractivity contribution in [3.63, 3.8) is 0 Å². The number of fused-ring (bicyclic) bond motifs is 1. The second-order valence-electron chi connectivity index (χ2n) is 5.33. The minimum atomic E-state index is -0.0114. The highest BCUT2D eigenvalue weighted by Gasteiger charge is 2.25. The Hall–Kier alpha value is -2.31. The van der Waals surface area contributed by atoms with Crippen LogP contribution in [0.3, 0.4) is 0 Å². The Bertz CT molecular complexity index is 790. The largest absolute Gasteiger partial charge is 0.369 e. The summed E-state index contributed by atoms with van der Waals surface area (Å²) in [5.74, 6) is 1.29. The predicted octanol–water partition coefficient (Wildman–Crippen LogP) is 2.36. The van der Waals surface area contributed by atoms with Crippen LogP contribution in [-0.4, -0.2) is 24.5 Å². The van der Waals surface area contributed by atoms with Gasteiger partial charge in [-0.3, -0.25) is 4.57 Å². The number of imidazole rings is 1. The molecule has 1 unspecified atom stereocenters. The highest BCUT2D eigenvalue weighted by atomic mass is 16.5. The number of nitrogen functional groups attached to an aromatic ring is 1. The number of nitrogens with two attached hydrogens (primary N) is 1. The molecule has 0 saturated carbocycles. The van der Waals surface area contributed by atoms with E-state index >= 15 is 0 Å². The van der Waals surface area contributed by atoms with Crippen LogP contribution in [-0.2, 0) is 6.54 Å². The molecular weight excluding hydrogens is 268 g/mol. The summed E-state index contributed by atoms with van der Waals surface area (Å²) >= 11 is 0. The molecule has 0 spiro atoms. The van der Waals surface area contributed by atoms with E-state index in [1.54, 1.807) is 0 Å². The van der Waals surface area contributed by atoms with Crippen LogP contribution in [0.5, 0.6) is 0 Å². The Morgan fingerprint density at radius 3 is 2.52 bits per heavy atom. The Kier molecular flexibility index (Phi) is 3.00. The van der Waals surface area contributed by atoms with Crippen LogP contribution in [0.15, 0.2) is 4.52 Å². The third kappa shape index (κ3) is 1.84. The van der Waals surface area contributed by atoms with Crippen molar-refractivity contribution < 1.29 is 4.52 Å². The molecule has 21 heavy (non-hydrogen) atoms. The number of aromatic nitrogens is 5. The zero-order valence-corrected chi connectivity index (χ0v) is 13.0. The van der Waals surface area contributed by atoms with E-state index in [4.69, 9.17) is 10.3 Å². The van der Waals surface area contributed by atoms with Crippen molar-refractivity contribution in [2.75, 3.05) is 5.73 Å².